The molecule has 1 atom stereocenters. The van der Waals surface area contributed by atoms with Crippen LogP contribution in [0.15, 0.2) is 23.6 Å². The van der Waals surface area contributed by atoms with E-state index in [4.69, 9.17) is 0 Å². The van der Waals surface area contributed by atoms with Crippen LogP contribution in [-0.2, 0) is 0 Å². The molecule has 0 saturated carbocycles. The lowest BCUT2D eigenvalue weighted by atomic mass is 9.95. The molecule has 0 aliphatic heterocycles. The summed E-state index contributed by atoms with van der Waals surface area (Å²) in [6.45, 7) is 9.01. The lowest BCUT2D eigenvalue weighted by molar-refractivity contribution is 0.505. The molecule has 1 rings (SSSR count). The van der Waals surface area contributed by atoms with Crippen LogP contribution < -0.4 is 0 Å². The van der Waals surface area contributed by atoms with Crippen LogP contribution in [0.1, 0.15) is 32.6 Å². The number of thiophene rings is 1. The molecule has 13 heavy (non-hydrogen) atoms. The van der Waals surface area contributed by atoms with Gasteiger partial charge in [-0.25, -0.2) is 0 Å². The Kier molecular flexibility index (Phi) is 3.73. The van der Waals surface area contributed by atoms with Crippen molar-refractivity contribution in [1.82, 2.24) is 0 Å². The summed E-state index contributed by atoms with van der Waals surface area (Å²) in [6.07, 6.45) is 2.37. The van der Waals surface area contributed by atoms with Crippen molar-refractivity contribution in [2.45, 2.75) is 27.7 Å². The molecule has 0 fully saturated rings. The lowest BCUT2D eigenvalue weighted by Gasteiger charge is -2.11. The van der Waals surface area contributed by atoms with Gasteiger partial charge in [-0.15, -0.1) is 11.3 Å². The van der Waals surface area contributed by atoms with E-state index in [9.17, 15) is 0 Å². The highest BCUT2D eigenvalue weighted by atomic mass is 32.1. The summed E-state index contributed by atoms with van der Waals surface area (Å²) in [4.78, 5) is 1.40. The van der Waals surface area contributed by atoms with Gasteiger partial charge in [0.15, 0.2) is 0 Å². The minimum absolute atomic E-state index is 0.669. The van der Waals surface area contributed by atoms with Crippen molar-refractivity contribution in [3.63, 3.8) is 0 Å². The average molecular weight is 194 g/mol. The molecular formula is C12H18S. The number of rotatable bonds is 3. The molecule has 1 aromatic rings. The summed E-state index contributed by atoms with van der Waals surface area (Å²) in [7, 11) is 0. The van der Waals surface area contributed by atoms with Crippen molar-refractivity contribution in [3.05, 3.63) is 28.5 Å². The van der Waals surface area contributed by atoms with Crippen LogP contribution in [0.3, 0.4) is 0 Å². The van der Waals surface area contributed by atoms with Gasteiger partial charge in [0.05, 0.1) is 0 Å². The van der Waals surface area contributed by atoms with Crippen molar-refractivity contribution < 1.29 is 0 Å². The van der Waals surface area contributed by atoms with Gasteiger partial charge in [-0.2, -0.15) is 0 Å². The molecule has 0 aliphatic rings. The van der Waals surface area contributed by atoms with Crippen LogP contribution in [0.25, 0.3) is 5.57 Å². The molecule has 0 spiro atoms. The summed E-state index contributed by atoms with van der Waals surface area (Å²) in [5.74, 6) is 1.40. The fourth-order valence-electron chi connectivity index (χ4n) is 1.17. The highest BCUT2D eigenvalue weighted by Gasteiger charge is 2.04. The Balaban J connectivity index is 2.72. The fraction of sp³-hybridized carbons (Fsp3) is 0.500. The second-order valence-corrected chi connectivity index (χ2v) is 4.88. The predicted molar refractivity (Wildman–Crippen MR) is 62.0 cm³/mol. The molecule has 0 N–H and O–H groups in total. The molecule has 0 radical (unpaired) electrons. The SMILES string of the molecule is C/C(=C\C(C)C(C)C)c1cccs1. The maximum absolute atomic E-state index is 2.37. The van der Waals surface area contributed by atoms with Crippen LogP contribution in [0.2, 0.25) is 0 Å². The Morgan fingerprint density at radius 3 is 2.54 bits per heavy atom. The smallest absolute Gasteiger partial charge is 0.0296 e. The Morgan fingerprint density at radius 2 is 2.08 bits per heavy atom. The monoisotopic (exact) mass is 194 g/mol. The first-order valence-electron chi connectivity index (χ1n) is 4.83. The number of hydrogen-bond donors (Lipinski definition) is 0. The molecule has 0 nitrogen and oxygen atoms in total. The summed E-state index contributed by atoms with van der Waals surface area (Å²) in [5.41, 5.74) is 1.41. The van der Waals surface area contributed by atoms with Crippen molar-refractivity contribution >= 4 is 16.9 Å². The largest absolute Gasteiger partial charge is 0.144 e. The van der Waals surface area contributed by atoms with E-state index in [0.717, 1.165) is 5.92 Å². The van der Waals surface area contributed by atoms with E-state index in [0.29, 0.717) is 5.92 Å². The third kappa shape index (κ3) is 3.00. The molecule has 1 heteroatoms. The van der Waals surface area contributed by atoms with Crippen molar-refractivity contribution in [3.8, 4) is 0 Å². The summed E-state index contributed by atoms with van der Waals surface area (Å²) in [5, 5.41) is 2.13. The van der Waals surface area contributed by atoms with Crippen LogP contribution in [0.4, 0.5) is 0 Å². The van der Waals surface area contributed by atoms with E-state index in [1.807, 2.05) is 11.3 Å². The van der Waals surface area contributed by atoms with Crippen LogP contribution in [0, 0.1) is 11.8 Å². The molecule has 0 bridgehead atoms. The van der Waals surface area contributed by atoms with E-state index in [2.05, 4.69) is 51.3 Å². The van der Waals surface area contributed by atoms with Gasteiger partial charge in [0.25, 0.3) is 0 Å². The van der Waals surface area contributed by atoms with E-state index in [1.54, 1.807) is 0 Å². The highest BCUT2D eigenvalue weighted by Crippen LogP contribution is 2.23. The molecule has 72 valence electrons. The minimum atomic E-state index is 0.669. The van der Waals surface area contributed by atoms with E-state index in [1.165, 1.54) is 10.5 Å². The molecule has 0 amide bonds. The maximum Gasteiger partial charge on any atom is 0.0296 e. The predicted octanol–water partition coefficient (Wildman–Crippen LogP) is 4.44. The van der Waals surface area contributed by atoms with E-state index in [-0.39, 0.29) is 0 Å². The fourth-order valence-corrected chi connectivity index (χ4v) is 1.89. The van der Waals surface area contributed by atoms with Crippen LogP contribution in [0.5, 0.6) is 0 Å². The van der Waals surface area contributed by atoms with Gasteiger partial charge < -0.3 is 0 Å². The maximum atomic E-state index is 2.37. The zero-order valence-electron chi connectivity index (χ0n) is 8.87. The van der Waals surface area contributed by atoms with Gasteiger partial charge in [-0.1, -0.05) is 32.9 Å². The van der Waals surface area contributed by atoms with Gasteiger partial charge in [-0.3, -0.25) is 0 Å². The summed E-state index contributed by atoms with van der Waals surface area (Å²) >= 11 is 1.82. The van der Waals surface area contributed by atoms with E-state index >= 15 is 0 Å². The molecule has 0 saturated heterocycles. The Bertz CT molecular complexity index is 267. The van der Waals surface area contributed by atoms with Crippen molar-refractivity contribution in [2.24, 2.45) is 11.8 Å². The zero-order valence-corrected chi connectivity index (χ0v) is 9.69. The minimum Gasteiger partial charge on any atom is -0.144 e. The molecule has 0 aromatic carbocycles. The van der Waals surface area contributed by atoms with Gasteiger partial charge in [0, 0.05) is 4.88 Å². The normalized spacial score (nSPS) is 15.0. The molecule has 1 aromatic heterocycles. The third-order valence-electron chi connectivity index (χ3n) is 2.47. The van der Waals surface area contributed by atoms with Gasteiger partial charge >= 0.3 is 0 Å². The third-order valence-corrected chi connectivity index (χ3v) is 3.48. The highest BCUT2D eigenvalue weighted by molar-refractivity contribution is 7.11. The number of hydrogen-bond acceptors (Lipinski definition) is 1. The second-order valence-electron chi connectivity index (χ2n) is 3.93. The molecule has 1 heterocycles. The zero-order chi connectivity index (χ0) is 9.84. The number of allylic oxidation sites excluding steroid dienone is 2. The molecule has 1 unspecified atom stereocenters. The Labute approximate surface area is 85.3 Å². The first-order valence-corrected chi connectivity index (χ1v) is 5.71. The summed E-state index contributed by atoms with van der Waals surface area (Å²) < 4.78 is 0. The molecular weight excluding hydrogens is 176 g/mol. The van der Waals surface area contributed by atoms with Crippen molar-refractivity contribution in [2.75, 3.05) is 0 Å². The van der Waals surface area contributed by atoms with E-state index < -0.39 is 0 Å². The summed E-state index contributed by atoms with van der Waals surface area (Å²) in [6, 6.07) is 4.29. The van der Waals surface area contributed by atoms with Gasteiger partial charge in [0.1, 0.15) is 0 Å². The van der Waals surface area contributed by atoms with Crippen molar-refractivity contribution in [1.29, 1.82) is 0 Å². The van der Waals surface area contributed by atoms with Crippen LogP contribution in [-0.4, -0.2) is 0 Å². The standard InChI is InChI=1S/C12H18S/c1-9(2)10(3)8-11(4)12-6-5-7-13-12/h5-10H,1-4H3/b11-8+. The molecule has 0 aliphatic carbocycles. The van der Waals surface area contributed by atoms with Gasteiger partial charge in [-0.05, 0) is 35.8 Å². The van der Waals surface area contributed by atoms with Crippen LogP contribution >= 0.6 is 11.3 Å². The topological polar surface area (TPSA) is 0 Å². The van der Waals surface area contributed by atoms with Gasteiger partial charge in [0.2, 0.25) is 0 Å². The Morgan fingerprint density at radius 1 is 1.38 bits per heavy atom. The first kappa shape index (κ1) is 10.5. The quantitative estimate of drug-likeness (QED) is 0.667. The first-order chi connectivity index (χ1) is 6.11. The average Bonchev–Trinajstić information content (AvgIpc) is 2.55. The lowest BCUT2D eigenvalue weighted by Crippen LogP contribution is -1.99. The Hall–Kier alpha value is -0.560. The second kappa shape index (κ2) is 4.61.